The van der Waals surface area contributed by atoms with Crippen LogP contribution in [0.4, 0.5) is 0 Å². The first-order valence-electron chi connectivity index (χ1n) is 7.48. The van der Waals surface area contributed by atoms with E-state index in [1.807, 2.05) is 54.6 Å². The van der Waals surface area contributed by atoms with Gasteiger partial charge in [-0.25, -0.2) is 4.98 Å². The molecule has 0 unspecified atom stereocenters. The molecule has 114 valence electrons. The van der Waals surface area contributed by atoms with Crippen LogP contribution in [0, 0.1) is 11.3 Å². The molecule has 23 heavy (non-hydrogen) atoms. The van der Waals surface area contributed by atoms with Crippen molar-refractivity contribution in [2.45, 2.75) is 13.5 Å². The van der Waals surface area contributed by atoms with E-state index < -0.39 is 0 Å². The largest absolute Gasteiger partial charge is 0.497 e. The molecular weight excluding hydrogens is 286 g/mol. The van der Waals surface area contributed by atoms with Gasteiger partial charge in [-0.15, -0.1) is 0 Å². The predicted molar refractivity (Wildman–Crippen MR) is 91.9 cm³/mol. The van der Waals surface area contributed by atoms with Crippen LogP contribution >= 0.6 is 0 Å². The van der Waals surface area contributed by atoms with Crippen LogP contribution in [-0.4, -0.2) is 16.7 Å². The van der Waals surface area contributed by atoms with Crippen molar-refractivity contribution < 1.29 is 4.74 Å². The maximum absolute atomic E-state index is 9.59. The molecular formula is C19H17N3O. The second-order valence-electron chi connectivity index (χ2n) is 5.11. The van der Waals surface area contributed by atoms with E-state index in [9.17, 15) is 5.26 Å². The number of para-hydroxylation sites is 2. The fourth-order valence-electron chi connectivity index (χ4n) is 2.61. The average Bonchev–Trinajstić information content (AvgIpc) is 2.98. The zero-order valence-electron chi connectivity index (χ0n) is 13.2. The molecule has 0 bridgehead atoms. The minimum Gasteiger partial charge on any atom is -0.497 e. The Labute approximate surface area is 135 Å². The maximum Gasteiger partial charge on any atom is 0.151 e. The van der Waals surface area contributed by atoms with Gasteiger partial charge in [0.15, 0.2) is 5.82 Å². The molecule has 0 fully saturated rings. The summed E-state index contributed by atoms with van der Waals surface area (Å²) in [6.45, 7) is 2.82. The number of aromatic nitrogens is 2. The van der Waals surface area contributed by atoms with Crippen LogP contribution in [-0.2, 0) is 6.54 Å². The van der Waals surface area contributed by atoms with Crippen molar-refractivity contribution >= 4 is 22.7 Å². The van der Waals surface area contributed by atoms with Crippen LogP contribution in [0.3, 0.4) is 0 Å². The van der Waals surface area contributed by atoms with Gasteiger partial charge in [-0.3, -0.25) is 0 Å². The first kappa shape index (κ1) is 14.9. The smallest absolute Gasteiger partial charge is 0.151 e. The standard InChI is InChI=1S/C19H17N3O/c1-3-22-18-7-5-4-6-17(18)21-19(22)15(13-20)12-14-8-10-16(23-2)11-9-14/h4-12H,3H2,1-2H3/b15-12-. The summed E-state index contributed by atoms with van der Waals surface area (Å²) >= 11 is 0. The second-order valence-corrected chi connectivity index (χ2v) is 5.11. The maximum atomic E-state index is 9.59. The molecule has 0 aliphatic rings. The quantitative estimate of drug-likeness (QED) is 0.681. The Hall–Kier alpha value is -3.06. The van der Waals surface area contributed by atoms with Gasteiger partial charge < -0.3 is 9.30 Å². The van der Waals surface area contributed by atoms with Crippen molar-refractivity contribution in [3.8, 4) is 11.8 Å². The summed E-state index contributed by atoms with van der Waals surface area (Å²) in [6, 6.07) is 17.8. The monoisotopic (exact) mass is 303 g/mol. The highest BCUT2D eigenvalue weighted by Gasteiger charge is 2.13. The number of ether oxygens (including phenoxy) is 1. The Morgan fingerprint density at radius 1 is 1.22 bits per heavy atom. The first-order valence-corrected chi connectivity index (χ1v) is 7.48. The lowest BCUT2D eigenvalue weighted by atomic mass is 10.1. The molecule has 0 amide bonds. The predicted octanol–water partition coefficient (Wildman–Crippen LogP) is 4.13. The normalized spacial score (nSPS) is 11.4. The highest BCUT2D eigenvalue weighted by atomic mass is 16.5. The van der Waals surface area contributed by atoms with Crippen molar-refractivity contribution in [1.82, 2.24) is 9.55 Å². The van der Waals surface area contributed by atoms with Gasteiger partial charge in [0.2, 0.25) is 0 Å². The van der Waals surface area contributed by atoms with E-state index in [0.717, 1.165) is 28.9 Å². The molecule has 4 nitrogen and oxygen atoms in total. The molecule has 0 saturated carbocycles. The summed E-state index contributed by atoms with van der Waals surface area (Å²) in [5, 5.41) is 9.59. The summed E-state index contributed by atoms with van der Waals surface area (Å²) in [7, 11) is 1.63. The SMILES string of the molecule is CCn1c(/C(C#N)=C\c2ccc(OC)cc2)nc2ccccc21. The minimum absolute atomic E-state index is 0.549. The Morgan fingerprint density at radius 2 is 1.96 bits per heavy atom. The van der Waals surface area contributed by atoms with Crippen LogP contribution < -0.4 is 4.74 Å². The molecule has 4 heteroatoms. The van der Waals surface area contributed by atoms with E-state index in [-0.39, 0.29) is 0 Å². The van der Waals surface area contributed by atoms with E-state index in [1.165, 1.54) is 0 Å². The van der Waals surface area contributed by atoms with E-state index in [2.05, 4.69) is 22.5 Å². The van der Waals surface area contributed by atoms with Crippen LogP contribution in [0.2, 0.25) is 0 Å². The lowest BCUT2D eigenvalue weighted by molar-refractivity contribution is 0.415. The van der Waals surface area contributed by atoms with E-state index in [4.69, 9.17) is 4.74 Å². The Bertz CT molecular complexity index is 899. The highest BCUT2D eigenvalue weighted by Crippen LogP contribution is 2.23. The molecule has 0 aliphatic heterocycles. The van der Waals surface area contributed by atoms with E-state index in [1.54, 1.807) is 7.11 Å². The van der Waals surface area contributed by atoms with E-state index in [0.29, 0.717) is 11.4 Å². The lowest BCUT2D eigenvalue weighted by Crippen LogP contribution is -2.00. The number of allylic oxidation sites excluding steroid dienone is 1. The highest BCUT2D eigenvalue weighted by molar-refractivity contribution is 5.90. The summed E-state index contributed by atoms with van der Waals surface area (Å²) in [4.78, 5) is 4.63. The minimum atomic E-state index is 0.549. The van der Waals surface area contributed by atoms with Gasteiger partial charge >= 0.3 is 0 Å². The van der Waals surface area contributed by atoms with Gasteiger partial charge in [0.05, 0.1) is 23.7 Å². The summed E-state index contributed by atoms with van der Waals surface area (Å²) < 4.78 is 7.22. The number of hydrogen-bond donors (Lipinski definition) is 0. The lowest BCUT2D eigenvalue weighted by Gasteiger charge is -2.05. The number of fused-ring (bicyclic) bond motifs is 1. The molecule has 0 aliphatic carbocycles. The Balaban J connectivity index is 2.10. The Morgan fingerprint density at radius 3 is 2.61 bits per heavy atom. The molecule has 2 aromatic carbocycles. The van der Waals surface area contributed by atoms with E-state index >= 15 is 0 Å². The van der Waals surface area contributed by atoms with Gasteiger partial charge in [0, 0.05) is 6.54 Å². The number of imidazole rings is 1. The average molecular weight is 303 g/mol. The molecule has 0 radical (unpaired) electrons. The van der Waals surface area contributed by atoms with Crippen LogP contribution in [0.15, 0.2) is 48.5 Å². The van der Waals surface area contributed by atoms with Gasteiger partial charge in [-0.05, 0) is 42.8 Å². The summed E-state index contributed by atoms with van der Waals surface area (Å²) in [6.07, 6.45) is 1.85. The molecule has 1 aromatic heterocycles. The number of hydrogen-bond acceptors (Lipinski definition) is 3. The number of nitriles is 1. The van der Waals surface area contributed by atoms with Crippen LogP contribution in [0.5, 0.6) is 5.75 Å². The number of nitrogens with zero attached hydrogens (tertiary/aromatic N) is 3. The second kappa shape index (κ2) is 6.37. The number of aryl methyl sites for hydroxylation is 1. The third kappa shape index (κ3) is 2.82. The third-order valence-electron chi connectivity index (χ3n) is 3.76. The molecule has 1 heterocycles. The zero-order chi connectivity index (χ0) is 16.2. The topological polar surface area (TPSA) is 50.8 Å². The molecule has 0 saturated heterocycles. The van der Waals surface area contributed by atoms with Crippen LogP contribution in [0.1, 0.15) is 18.3 Å². The fraction of sp³-hybridized carbons (Fsp3) is 0.158. The number of rotatable bonds is 4. The van der Waals surface area contributed by atoms with Crippen molar-refractivity contribution in [1.29, 1.82) is 5.26 Å². The molecule has 0 N–H and O–H groups in total. The fourth-order valence-corrected chi connectivity index (χ4v) is 2.61. The van der Waals surface area contributed by atoms with Crippen molar-refractivity contribution in [2.24, 2.45) is 0 Å². The first-order chi connectivity index (χ1) is 11.3. The van der Waals surface area contributed by atoms with Crippen molar-refractivity contribution in [3.63, 3.8) is 0 Å². The van der Waals surface area contributed by atoms with Crippen molar-refractivity contribution in [2.75, 3.05) is 7.11 Å². The van der Waals surface area contributed by atoms with Crippen molar-refractivity contribution in [3.05, 3.63) is 59.9 Å². The molecule has 0 spiro atoms. The van der Waals surface area contributed by atoms with Gasteiger partial charge in [0.25, 0.3) is 0 Å². The van der Waals surface area contributed by atoms with Gasteiger partial charge in [-0.1, -0.05) is 24.3 Å². The van der Waals surface area contributed by atoms with Crippen LogP contribution in [0.25, 0.3) is 22.7 Å². The number of methoxy groups -OCH3 is 1. The third-order valence-corrected chi connectivity index (χ3v) is 3.76. The van der Waals surface area contributed by atoms with Gasteiger partial charge in [0.1, 0.15) is 11.8 Å². The van der Waals surface area contributed by atoms with Gasteiger partial charge in [-0.2, -0.15) is 5.26 Å². The summed E-state index contributed by atoms with van der Waals surface area (Å²) in [5.41, 5.74) is 3.44. The Kier molecular flexibility index (Phi) is 4.11. The molecule has 3 rings (SSSR count). The molecule has 3 aromatic rings. The number of benzene rings is 2. The zero-order valence-corrected chi connectivity index (χ0v) is 13.2. The summed E-state index contributed by atoms with van der Waals surface area (Å²) in [5.74, 6) is 1.49. The molecule has 0 atom stereocenters.